The van der Waals surface area contributed by atoms with Crippen molar-refractivity contribution in [3.63, 3.8) is 0 Å². The molecule has 1 heterocycles. The summed E-state index contributed by atoms with van der Waals surface area (Å²) in [7, 11) is 0. The SMILES string of the molecule is C[C@H]([C@H](CC=O)c1ccc2c(c1)OCO2)N(Cc1ccc2ccccc2c1)C(=O)C[C@H](CC(=O)OC(C)(C)C)C(=O)OC(C)(C)C. The maximum absolute atomic E-state index is 14.4. The minimum absolute atomic E-state index is 0.114. The topological polar surface area (TPSA) is 108 Å². The Kier molecular flexibility index (Phi) is 10.8. The van der Waals surface area contributed by atoms with Gasteiger partial charge in [-0.1, -0.05) is 42.5 Å². The zero-order chi connectivity index (χ0) is 33.6. The van der Waals surface area contributed by atoms with Crippen LogP contribution in [0.4, 0.5) is 0 Å². The molecule has 3 aromatic carbocycles. The highest BCUT2D eigenvalue weighted by Crippen LogP contribution is 2.37. The maximum Gasteiger partial charge on any atom is 0.310 e. The second-order valence-electron chi connectivity index (χ2n) is 13.8. The van der Waals surface area contributed by atoms with Crippen molar-refractivity contribution < 1.29 is 38.1 Å². The summed E-state index contributed by atoms with van der Waals surface area (Å²) in [4.78, 5) is 54.3. The van der Waals surface area contributed by atoms with Crippen LogP contribution in [0, 0.1) is 5.92 Å². The van der Waals surface area contributed by atoms with Crippen LogP contribution in [0.25, 0.3) is 10.8 Å². The molecule has 0 unspecified atom stereocenters. The molecule has 4 rings (SSSR count). The largest absolute Gasteiger partial charge is 0.460 e. The van der Waals surface area contributed by atoms with E-state index in [9.17, 15) is 19.2 Å². The predicted octanol–water partition coefficient (Wildman–Crippen LogP) is 6.74. The van der Waals surface area contributed by atoms with Crippen molar-refractivity contribution >= 4 is 34.9 Å². The number of carbonyl (C=O) groups is 4. The monoisotopic (exact) mass is 631 g/mol. The zero-order valence-electron chi connectivity index (χ0n) is 27.8. The van der Waals surface area contributed by atoms with Gasteiger partial charge in [0.25, 0.3) is 0 Å². The first-order valence-electron chi connectivity index (χ1n) is 15.7. The summed E-state index contributed by atoms with van der Waals surface area (Å²) >= 11 is 0. The van der Waals surface area contributed by atoms with Crippen LogP contribution in [0.2, 0.25) is 0 Å². The van der Waals surface area contributed by atoms with Gasteiger partial charge in [-0.2, -0.15) is 0 Å². The first kappa shape index (κ1) is 34.5. The molecule has 0 bridgehead atoms. The molecule has 1 aliphatic heterocycles. The van der Waals surface area contributed by atoms with Crippen molar-refractivity contribution in [1.29, 1.82) is 0 Å². The van der Waals surface area contributed by atoms with Crippen LogP contribution < -0.4 is 9.47 Å². The Morgan fingerprint density at radius 3 is 2.20 bits per heavy atom. The molecular weight excluding hydrogens is 586 g/mol. The van der Waals surface area contributed by atoms with Gasteiger partial charge in [0.05, 0.1) is 12.3 Å². The number of aldehydes is 1. The molecule has 46 heavy (non-hydrogen) atoms. The Morgan fingerprint density at radius 1 is 0.848 bits per heavy atom. The highest BCUT2D eigenvalue weighted by molar-refractivity contribution is 5.87. The number of fused-ring (bicyclic) bond motifs is 2. The molecule has 0 aromatic heterocycles. The summed E-state index contributed by atoms with van der Waals surface area (Å²) in [5.74, 6) is -1.85. The van der Waals surface area contributed by atoms with Crippen LogP contribution in [0.3, 0.4) is 0 Å². The molecule has 0 aliphatic carbocycles. The molecule has 3 atom stereocenters. The lowest BCUT2D eigenvalue weighted by atomic mass is 9.87. The van der Waals surface area contributed by atoms with E-state index in [2.05, 4.69) is 0 Å². The normalized spacial score (nSPS) is 14.7. The van der Waals surface area contributed by atoms with E-state index in [1.54, 1.807) is 52.5 Å². The standard InChI is InChI=1S/C37H45NO8/c1-24(30(16-17-39)28-14-15-31-32(19-28)44-23-43-31)38(22-25-12-13-26-10-8-9-11-27(26)18-25)33(40)20-29(35(42)46-37(5,6)7)21-34(41)45-36(2,3)4/h8-15,17-19,24,29-30H,16,20-23H2,1-7H3/t24-,29-,30+/m1/s1. The number of hydrogen-bond acceptors (Lipinski definition) is 8. The van der Waals surface area contributed by atoms with E-state index in [0.29, 0.717) is 11.5 Å². The minimum Gasteiger partial charge on any atom is -0.460 e. The lowest BCUT2D eigenvalue weighted by Crippen LogP contribution is -2.43. The molecule has 0 radical (unpaired) electrons. The number of ether oxygens (including phenoxy) is 4. The summed E-state index contributed by atoms with van der Waals surface area (Å²) in [5.41, 5.74) is 0.120. The molecule has 1 aliphatic rings. The summed E-state index contributed by atoms with van der Waals surface area (Å²) in [5, 5.41) is 2.09. The van der Waals surface area contributed by atoms with Gasteiger partial charge < -0.3 is 28.6 Å². The lowest BCUT2D eigenvalue weighted by Gasteiger charge is -2.36. The van der Waals surface area contributed by atoms with Crippen molar-refractivity contribution in [3.8, 4) is 11.5 Å². The van der Waals surface area contributed by atoms with Crippen molar-refractivity contribution in [2.24, 2.45) is 5.92 Å². The molecular formula is C37H45NO8. The molecule has 0 saturated carbocycles. The quantitative estimate of drug-likeness (QED) is 0.160. The number of benzene rings is 3. The van der Waals surface area contributed by atoms with E-state index in [0.717, 1.165) is 28.2 Å². The molecule has 0 N–H and O–H groups in total. The van der Waals surface area contributed by atoms with Gasteiger partial charge in [0, 0.05) is 31.3 Å². The van der Waals surface area contributed by atoms with Gasteiger partial charge in [0.1, 0.15) is 17.5 Å². The van der Waals surface area contributed by atoms with Crippen LogP contribution in [0.5, 0.6) is 11.5 Å². The van der Waals surface area contributed by atoms with E-state index in [1.165, 1.54) is 0 Å². The number of hydrogen-bond donors (Lipinski definition) is 0. The second kappa shape index (κ2) is 14.4. The molecule has 9 heteroatoms. The van der Waals surface area contributed by atoms with E-state index >= 15 is 0 Å². The Morgan fingerprint density at radius 2 is 1.52 bits per heavy atom. The van der Waals surface area contributed by atoms with E-state index in [1.807, 2.05) is 61.5 Å². The molecule has 0 saturated heterocycles. The van der Waals surface area contributed by atoms with Crippen molar-refractivity contribution in [3.05, 3.63) is 71.8 Å². The average Bonchev–Trinajstić information content (AvgIpc) is 3.44. The van der Waals surface area contributed by atoms with Gasteiger partial charge in [-0.25, -0.2) is 0 Å². The minimum atomic E-state index is -1.07. The Balaban J connectivity index is 1.69. The third-order valence-electron chi connectivity index (χ3n) is 7.73. The summed E-state index contributed by atoms with van der Waals surface area (Å²) < 4.78 is 22.2. The molecule has 246 valence electrons. The van der Waals surface area contributed by atoms with Gasteiger partial charge in [0.2, 0.25) is 12.7 Å². The van der Waals surface area contributed by atoms with E-state index in [-0.39, 0.29) is 44.4 Å². The van der Waals surface area contributed by atoms with Crippen molar-refractivity contribution in [1.82, 2.24) is 4.90 Å². The Hall–Kier alpha value is -4.40. The van der Waals surface area contributed by atoms with Gasteiger partial charge >= 0.3 is 11.9 Å². The summed E-state index contributed by atoms with van der Waals surface area (Å²) in [6.45, 7) is 12.7. The highest BCUT2D eigenvalue weighted by Gasteiger charge is 2.36. The van der Waals surface area contributed by atoms with Crippen molar-refractivity contribution in [2.45, 2.75) is 97.4 Å². The first-order chi connectivity index (χ1) is 21.6. The lowest BCUT2D eigenvalue weighted by molar-refractivity contribution is -0.168. The molecule has 1 amide bonds. The van der Waals surface area contributed by atoms with E-state index < -0.39 is 35.1 Å². The number of rotatable bonds is 12. The number of nitrogens with zero attached hydrogens (tertiary/aromatic N) is 1. The fraction of sp³-hybridized carbons (Fsp3) is 0.459. The fourth-order valence-corrected chi connectivity index (χ4v) is 5.61. The van der Waals surface area contributed by atoms with Crippen LogP contribution in [0.15, 0.2) is 60.7 Å². The predicted molar refractivity (Wildman–Crippen MR) is 174 cm³/mol. The van der Waals surface area contributed by atoms with Gasteiger partial charge in [-0.3, -0.25) is 14.4 Å². The number of esters is 2. The second-order valence-corrected chi connectivity index (χ2v) is 13.8. The molecule has 0 fully saturated rings. The third kappa shape index (κ3) is 9.31. The van der Waals surface area contributed by atoms with Gasteiger partial charge in [-0.15, -0.1) is 0 Å². The highest BCUT2D eigenvalue weighted by atomic mass is 16.7. The molecule has 3 aromatic rings. The van der Waals surface area contributed by atoms with Gasteiger partial charge in [0.15, 0.2) is 11.5 Å². The Labute approximate surface area is 271 Å². The van der Waals surface area contributed by atoms with Crippen LogP contribution in [-0.4, -0.2) is 53.1 Å². The zero-order valence-corrected chi connectivity index (χ0v) is 27.8. The third-order valence-corrected chi connectivity index (χ3v) is 7.73. The van der Waals surface area contributed by atoms with Crippen molar-refractivity contribution in [2.75, 3.05) is 6.79 Å². The van der Waals surface area contributed by atoms with E-state index in [4.69, 9.17) is 18.9 Å². The average molecular weight is 632 g/mol. The fourth-order valence-electron chi connectivity index (χ4n) is 5.61. The Bertz CT molecular complexity index is 1570. The molecule has 0 spiro atoms. The van der Waals surface area contributed by atoms with Gasteiger partial charge in [-0.05, 0) is 88.6 Å². The van der Waals surface area contributed by atoms with Crippen LogP contribution in [-0.2, 0) is 35.2 Å². The van der Waals surface area contributed by atoms with Crippen LogP contribution >= 0.6 is 0 Å². The maximum atomic E-state index is 14.4. The first-order valence-corrected chi connectivity index (χ1v) is 15.7. The summed E-state index contributed by atoms with van der Waals surface area (Å²) in [6.07, 6.45) is 0.406. The number of carbonyl (C=O) groups excluding carboxylic acids is 4. The van der Waals surface area contributed by atoms with Crippen LogP contribution in [0.1, 0.15) is 84.8 Å². The molecule has 9 nitrogen and oxygen atoms in total. The number of amides is 1. The summed E-state index contributed by atoms with van der Waals surface area (Å²) in [6, 6.07) is 19.0. The smallest absolute Gasteiger partial charge is 0.310 e.